The van der Waals surface area contributed by atoms with Crippen LogP contribution in [0, 0.1) is 6.92 Å². The highest BCUT2D eigenvalue weighted by Gasteiger charge is 2.06. The molecule has 0 bridgehead atoms. The lowest BCUT2D eigenvalue weighted by molar-refractivity contribution is 0.316. The number of aryl methyl sites for hydroxylation is 1. The number of nitrogens with zero attached hydrogens (tertiary/aromatic N) is 1. The Labute approximate surface area is 127 Å². The van der Waals surface area contributed by atoms with Crippen LogP contribution in [0.1, 0.15) is 31.4 Å². The molecule has 1 aromatic carbocycles. The molecule has 1 N–H and O–H groups in total. The van der Waals surface area contributed by atoms with E-state index in [1.165, 1.54) is 16.7 Å². The highest BCUT2D eigenvalue weighted by Crippen LogP contribution is 2.27. The first-order chi connectivity index (χ1) is 10.2. The summed E-state index contributed by atoms with van der Waals surface area (Å²) in [6, 6.07) is 8.65. The standard InChI is InChI=1S/C18H24N2O/c1-4-8-21-17-10-16(12-20-13-17)18-9-15(11-19-5-2)7-6-14(18)3/h6-7,9-10,12-13,19H,4-5,8,11H2,1-3H3. The molecule has 0 atom stereocenters. The molecule has 0 fully saturated rings. The second-order valence-electron chi connectivity index (χ2n) is 5.19. The molecule has 3 nitrogen and oxygen atoms in total. The smallest absolute Gasteiger partial charge is 0.138 e. The highest BCUT2D eigenvalue weighted by atomic mass is 16.5. The fourth-order valence-corrected chi connectivity index (χ4v) is 2.22. The van der Waals surface area contributed by atoms with E-state index < -0.39 is 0 Å². The Bertz CT molecular complexity index is 581. The summed E-state index contributed by atoms with van der Waals surface area (Å²) in [7, 11) is 0. The van der Waals surface area contributed by atoms with Gasteiger partial charge in [-0.1, -0.05) is 26.0 Å². The van der Waals surface area contributed by atoms with Gasteiger partial charge in [0.1, 0.15) is 5.75 Å². The van der Waals surface area contributed by atoms with Gasteiger partial charge in [-0.15, -0.1) is 0 Å². The van der Waals surface area contributed by atoms with Crippen LogP contribution in [-0.4, -0.2) is 18.1 Å². The zero-order valence-corrected chi connectivity index (χ0v) is 13.1. The third kappa shape index (κ3) is 4.30. The van der Waals surface area contributed by atoms with Crippen LogP contribution in [-0.2, 0) is 6.54 Å². The third-order valence-corrected chi connectivity index (χ3v) is 3.38. The van der Waals surface area contributed by atoms with Crippen molar-refractivity contribution in [3.63, 3.8) is 0 Å². The van der Waals surface area contributed by atoms with Gasteiger partial charge in [-0.3, -0.25) is 4.98 Å². The van der Waals surface area contributed by atoms with Gasteiger partial charge >= 0.3 is 0 Å². The van der Waals surface area contributed by atoms with Crippen molar-refractivity contribution in [2.24, 2.45) is 0 Å². The van der Waals surface area contributed by atoms with Crippen LogP contribution >= 0.6 is 0 Å². The van der Waals surface area contributed by atoms with E-state index in [0.29, 0.717) is 0 Å². The van der Waals surface area contributed by atoms with Crippen molar-refractivity contribution in [3.05, 3.63) is 47.8 Å². The molecule has 0 saturated heterocycles. The summed E-state index contributed by atoms with van der Waals surface area (Å²) in [5.74, 6) is 0.839. The van der Waals surface area contributed by atoms with Crippen molar-refractivity contribution in [1.82, 2.24) is 10.3 Å². The lowest BCUT2D eigenvalue weighted by atomic mass is 9.99. The Morgan fingerprint density at radius 3 is 2.76 bits per heavy atom. The maximum absolute atomic E-state index is 5.68. The van der Waals surface area contributed by atoms with Crippen molar-refractivity contribution >= 4 is 0 Å². The maximum Gasteiger partial charge on any atom is 0.138 e. The molecule has 0 saturated carbocycles. The lowest BCUT2D eigenvalue weighted by Crippen LogP contribution is -2.11. The number of nitrogens with one attached hydrogen (secondary N) is 1. The number of pyridine rings is 1. The van der Waals surface area contributed by atoms with Gasteiger partial charge in [0.05, 0.1) is 12.8 Å². The van der Waals surface area contributed by atoms with Crippen LogP contribution in [0.15, 0.2) is 36.7 Å². The van der Waals surface area contributed by atoms with Crippen molar-refractivity contribution < 1.29 is 4.74 Å². The van der Waals surface area contributed by atoms with Crippen LogP contribution < -0.4 is 10.1 Å². The van der Waals surface area contributed by atoms with E-state index in [-0.39, 0.29) is 0 Å². The number of hydrogen-bond acceptors (Lipinski definition) is 3. The molecule has 1 aromatic heterocycles. The van der Waals surface area contributed by atoms with Gasteiger partial charge in [0.2, 0.25) is 0 Å². The molecule has 3 heteroatoms. The minimum Gasteiger partial charge on any atom is -0.492 e. The van der Waals surface area contributed by atoms with E-state index in [9.17, 15) is 0 Å². The average Bonchev–Trinajstić information content (AvgIpc) is 2.52. The minimum absolute atomic E-state index is 0.727. The Morgan fingerprint density at radius 2 is 2.00 bits per heavy atom. The molecule has 112 valence electrons. The Kier molecular flexibility index (Phi) is 5.76. The summed E-state index contributed by atoms with van der Waals surface area (Å²) in [5, 5.41) is 3.36. The van der Waals surface area contributed by atoms with Crippen molar-refractivity contribution in [3.8, 4) is 16.9 Å². The summed E-state index contributed by atoms with van der Waals surface area (Å²) >= 11 is 0. The quantitative estimate of drug-likeness (QED) is 0.835. The highest BCUT2D eigenvalue weighted by molar-refractivity contribution is 5.68. The summed E-state index contributed by atoms with van der Waals surface area (Å²) < 4.78 is 5.68. The maximum atomic E-state index is 5.68. The Hall–Kier alpha value is -1.87. The largest absolute Gasteiger partial charge is 0.492 e. The van der Waals surface area contributed by atoms with Crippen LogP contribution in [0.3, 0.4) is 0 Å². The zero-order valence-electron chi connectivity index (χ0n) is 13.1. The van der Waals surface area contributed by atoms with Crippen molar-refractivity contribution in [2.45, 2.75) is 33.7 Å². The molecule has 2 rings (SSSR count). The molecular formula is C18H24N2O. The normalized spacial score (nSPS) is 10.6. The van der Waals surface area contributed by atoms with E-state index >= 15 is 0 Å². The van der Waals surface area contributed by atoms with Crippen LogP contribution in [0.25, 0.3) is 11.1 Å². The van der Waals surface area contributed by atoms with E-state index in [2.05, 4.69) is 55.3 Å². The molecule has 0 aliphatic heterocycles. The minimum atomic E-state index is 0.727. The van der Waals surface area contributed by atoms with Gasteiger partial charge in [0.25, 0.3) is 0 Å². The molecule has 0 amide bonds. The average molecular weight is 284 g/mol. The second kappa shape index (κ2) is 7.79. The van der Waals surface area contributed by atoms with Crippen LogP contribution in [0.4, 0.5) is 0 Å². The van der Waals surface area contributed by atoms with Gasteiger partial charge in [-0.05, 0) is 48.7 Å². The molecule has 0 aliphatic carbocycles. The molecule has 21 heavy (non-hydrogen) atoms. The van der Waals surface area contributed by atoms with Crippen LogP contribution in [0.2, 0.25) is 0 Å². The summed E-state index contributed by atoms with van der Waals surface area (Å²) in [6.07, 6.45) is 4.68. The van der Waals surface area contributed by atoms with E-state index in [4.69, 9.17) is 4.74 Å². The first-order valence-electron chi connectivity index (χ1n) is 7.63. The van der Waals surface area contributed by atoms with E-state index in [1.807, 2.05) is 6.20 Å². The topological polar surface area (TPSA) is 34.1 Å². The third-order valence-electron chi connectivity index (χ3n) is 3.38. The number of rotatable bonds is 7. The van der Waals surface area contributed by atoms with Crippen molar-refractivity contribution in [2.75, 3.05) is 13.2 Å². The van der Waals surface area contributed by atoms with Gasteiger partial charge in [-0.25, -0.2) is 0 Å². The van der Waals surface area contributed by atoms with Gasteiger partial charge < -0.3 is 10.1 Å². The zero-order chi connectivity index (χ0) is 15.1. The fraction of sp³-hybridized carbons (Fsp3) is 0.389. The number of ether oxygens (including phenoxy) is 1. The number of benzene rings is 1. The van der Waals surface area contributed by atoms with Crippen LogP contribution in [0.5, 0.6) is 5.75 Å². The SMILES string of the molecule is CCCOc1cncc(-c2cc(CNCC)ccc2C)c1. The molecule has 0 spiro atoms. The van der Waals surface area contributed by atoms with Crippen molar-refractivity contribution in [1.29, 1.82) is 0 Å². The van der Waals surface area contributed by atoms with Gasteiger partial charge in [-0.2, -0.15) is 0 Å². The summed E-state index contributed by atoms with van der Waals surface area (Å²) in [4.78, 5) is 4.31. The first kappa shape index (κ1) is 15.5. The molecule has 1 heterocycles. The molecule has 0 radical (unpaired) electrons. The monoisotopic (exact) mass is 284 g/mol. The predicted molar refractivity (Wildman–Crippen MR) is 87.6 cm³/mol. The van der Waals surface area contributed by atoms with E-state index in [0.717, 1.165) is 37.4 Å². The fourth-order valence-electron chi connectivity index (χ4n) is 2.22. The summed E-state index contributed by atoms with van der Waals surface area (Å²) in [6.45, 7) is 8.95. The first-order valence-corrected chi connectivity index (χ1v) is 7.63. The van der Waals surface area contributed by atoms with E-state index in [1.54, 1.807) is 6.20 Å². The summed E-state index contributed by atoms with van der Waals surface area (Å²) in [5.41, 5.74) is 4.88. The molecular weight excluding hydrogens is 260 g/mol. The number of aromatic nitrogens is 1. The van der Waals surface area contributed by atoms with Gasteiger partial charge in [0, 0.05) is 18.3 Å². The lowest BCUT2D eigenvalue weighted by Gasteiger charge is -2.11. The second-order valence-corrected chi connectivity index (χ2v) is 5.19. The Morgan fingerprint density at radius 1 is 1.14 bits per heavy atom. The molecule has 2 aromatic rings. The molecule has 0 unspecified atom stereocenters. The molecule has 0 aliphatic rings. The Balaban J connectivity index is 2.27. The predicted octanol–water partition coefficient (Wildman–Crippen LogP) is 3.96. The number of hydrogen-bond donors (Lipinski definition) is 1. The van der Waals surface area contributed by atoms with Gasteiger partial charge in [0.15, 0.2) is 0 Å².